The highest BCUT2D eigenvalue weighted by Gasteiger charge is 2.41. The van der Waals surface area contributed by atoms with Crippen LogP contribution in [0.15, 0.2) is 102 Å². The van der Waals surface area contributed by atoms with Gasteiger partial charge in [0.2, 0.25) is 0 Å². The summed E-state index contributed by atoms with van der Waals surface area (Å²) in [6.07, 6.45) is 3.12. The summed E-state index contributed by atoms with van der Waals surface area (Å²) in [7, 11) is -3.50. The van der Waals surface area contributed by atoms with Crippen LogP contribution in [-0.2, 0) is 9.53 Å². The number of nitrogens with zero attached hydrogens (tertiary/aromatic N) is 1. The lowest BCUT2D eigenvalue weighted by molar-refractivity contribution is -0.148. The molecule has 1 aliphatic heterocycles. The maximum atomic E-state index is 13.0. The van der Waals surface area contributed by atoms with Crippen LogP contribution in [-0.4, -0.2) is 37.6 Å². The third-order valence-corrected chi connectivity index (χ3v) is 10.7. The van der Waals surface area contributed by atoms with Gasteiger partial charge in [0.15, 0.2) is 12.5 Å². The van der Waals surface area contributed by atoms with Crippen LogP contribution in [0.25, 0.3) is 26.6 Å². The maximum absolute atomic E-state index is 13.0. The molecule has 10 heteroatoms. The molecule has 2 N–H and O–H groups in total. The number of esters is 1. The van der Waals surface area contributed by atoms with E-state index in [4.69, 9.17) is 14.2 Å². The first-order chi connectivity index (χ1) is 22.8. The third kappa shape index (κ3) is 6.84. The van der Waals surface area contributed by atoms with Crippen molar-refractivity contribution in [1.29, 1.82) is 0 Å². The van der Waals surface area contributed by atoms with Gasteiger partial charge in [-0.3, -0.25) is 13.9 Å². The van der Waals surface area contributed by atoms with Crippen molar-refractivity contribution in [2.75, 3.05) is 6.73 Å². The van der Waals surface area contributed by atoms with Crippen molar-refractivity contribution in [2.45, 2.75) is 51.0 Å². The predicted molar refractivity (Wildman–Crippen MR) is 192 cm³/mol. The van der Waals surface area contributed by atoms with Crippen LogP contribution in [0.3, 0.4) is 0 Å². The Morgan fingerprint density at radius 1 is 0.917 bits per heavy atom. The van der Waals surface area contributed by atoms with Gasteiger partial charge in [-0.25, -0.2) is 4.79 Å². The number of hydrogen-bond donors (Lipinski definition) is 2. The first-order valence-electron chi connectivity index (χ1n) is 15.5. The maximum Gasteiger partial charge on any atom is 0.331 e. The molecule has 1 amide bonds. The Morgan fingerprint density at radius 2 is 1.58 bits per heavy atom. The van der Waals surface area contributed by atoms with E-state index < -0.39 is 28.3 Å². The van der Waals surface area contributed by atoms with Crippen molar-refractivity contribution >= 4 is 50.2 Å². The second-order valence-electron chi connectivity index (χ2n) is 12.7. The van der Waals surface area contributed by atoms with Crippen LogP contribution in [0, 0.1) is 0 Å². The van der Waals surface area contributed by atoms with E-state index in [2.05, 4.69) is 26.0 Å². The number of carbonyl (C=O) groups is 2. The average Bonchev–Trinajstić information content (AvgIpc) is 3.49. The van der Waals surface area contributed by atoms with Crippen LogP contribution in [0.5, 0.6) is 17.2 Å². The summed E-state index contributed by atoms with van der Waals surface area (Å²) in [6, 6.07) is 27.8. The number of rotatable bonds is 9. The van der Waals surface area contributed by atoms with E-state index in [1.165, 1.54) is 11.6 Å². The Balaban J connectivity index is 1.29. The number of benzene rings is 4. The van der Waals surface area contributed by atoms with Gasteiger partial charge in [-0.2, -0.15) is 4.31 Å². The minimum absolute atomic E-state index is 0.203. The second kappa shape index (κ2) is 13.1. The smallest absolute Gasteiger partial charge is 0.331 e. The number of fused-ring (bicyclic) bond motifs is 2. The SMILES string of the molecule is CC(C)c1ccccc1-c1sc2cc(OCN3C(=O)c4ccccc4S3(O)O)ccc2c1Oc1ccc(C=CC(=O)OC(C)(C)C)cc1. The molecule has 1 aliphatic rings. The zero-order chi connectivity index (χ0) is 34.2. The first kappa shape index (κ1) is 33.3. The number of thiophene rings is 1. The van der Waals surface area contributed by atoms with Gasteiger partial charge in [0, 0.05) is 16.2 Å². The third-order valence-electron chi connectivity index (χ3n) is 7.66. The molecule has 1 aromatic heterocycles. The Morgan fingerprint density at radius 3 is 2.27 bits per heavy atom. The molecule has 0 saturated carbocycles. The van der Waals surface area contributed by atoms with E-state index in [0.717, 1.165) is 30.4 Å². The zero-order valence-electron chi connectivity index (χ0n) is 27.3. The molecule has 0 bridgehead atoms. The molecular weight excluding hydrogens is 647 g/mol. The topological polar surface area (TPSA) is 106 Å². The molecule has 0 spiro atoms. The fourth-order valence-electron chi connectivity index (χ4n) is 5.41. The van der Waals surface area contributed by atoms with Crippen molar-refractivity contribution in [1.82, 2.24) is 4.31 Å². The number of hydrogen-bond acceptors (Lipinski definition) is 8. The lowest BCUT2D eigenvalue weighted by Gasteiger charge is -2.36. The number of ether oxygens (including phenoxy) is 3. The van der Waals surface area contributed by atoms with E-state index in [1.807, 2.05) is 69.3 Å². The highest BCUT2D eigenvalue weighted by molar-refractivity contribution is 8.23. The molecule has 0 saturated heterocycles. The molecule has 0 aliphatic carbocycles. The predicted octanol–water partition coefficient (Wildman–Crippen LogP) is 10.4. The van der Waals surface area contributed by atoms with Gasteiger partial charge in [0.05, 0.1) is 15.3 Å². The van der Waals surface area contributed by atoms with Crippen LogP contribution >= 0.6 is 22.1 Å². The molecule has 6 rings (SSSR count). The van der Waals surface area contributed by atoms with Gasteiger partial charge < -0.3 is 14.2 Å². The van der Waals surface area contributed by atoms with E-state index in [9.17, 15) is 18.7 Å². The molecule has 0 atom stereocenters. The van der Waals surface area contributed by atoms with Crippen molar-refractivity contribution in [3.8, 4) is 27.7 Å². The molecule has 0 unspecified atom stereocenters. The summed E-state index contributed by atoms with van der Waals surface area (Å²) in [5.74, 6) is 1.18. The minimum atomic E-state index is -3.50. The molecule has 8 nitrogen and oxygen atoms in total. The molecular formula is C38H37NO7S2. The molecule has 4 aromatic carbocycles. The van der Waals surface area contributed by atoms with E-state index in [1.54, 1.807) is 47.7 Å². The number of carbonyl (C=O) groups excluding carboxylic acids is 2. The highest BCUT2D eigenvalue weighted by atomic mass is 32.3. The Hall–Kier alpha value is -4.61. The second-order valence-corrected chi connectivity index (χ2v) is 15.6. The van der Waals surface area contributed by atoms with Crippen LogP contribution in [0.2, 0.25) is 0 Å². The highest BCUT2D eigenvalue weighted by Crippen LogP contribution is 2.58. The van der Waals surface area contributed by atoms with Gasteiger partial charge in [0.25, 0.3) is 5.91 Å². The lowest BCUT2D eigenvalue weighted by atomic mass is 9.96. The average molecular weight is 684 g/mol. The van der Waals surface area contributed by atoms with Crippen molar-refractivity contribution in [3.05, 3.63) is 114 Å². The van der Waals surface area contributed by atoms with Gasteiger partial charge in [-0.15, -0.1) is 11.3 Å². The molecule has 248 valence electrons. The summed E-state index contributed by atoms with van der Waals surface area (Å²) < 4.78 is 41.5. The van der Waals surface area contributed by atoms with Gasteiger partial charge in [-0.1, -0.05) is 73.2 Å². The molecule has 48 heavy (non-hydrogen) atoms. The normalized spacial score (nSPS) is 14.8. The van der Waals surface area contributed by atoms with Crippen LogP contribution in [0.4, 0.5) is 0 Å². The van der Waals surface area contributed by atoms with Crippen LogP contribution < -0.4 is 9.47 Å². The Kier molecular flexibility index (Phi) is 9.10. The zero-order valence-corrected chi connectivity index (χ0v) is 28.9. The number of amides is 1. The largest absolute Gasteiger partial charge is 0.471 e. The van der Waals surface area contributed by atoms with Gasteiger partial charge in [0.1, 0.15) is 17.1 Å². The fourth-order valence-corrected chi connectivity index (χ4v) is 8.09. The van der Waals surface area contributed by atoms with E-state index >= 15 is 0 Å². The van der Waals surface area contributed by atoms with E-state index in [-0.39, 0.29) is 23.1 Å². The standard InChI is InChI=1S/C38H37NO7S2/c1-24(2)28-10-6-7-11-29(28)36-35(45-26-17-14-25(15-18-26)16-21-34(40)46-38(3,4)5)30-20-19-27(22-32(30)47-36)44-23-39-37(41)31-12-8-9-13-33(31)48(39,42)43/h6-22,24,42-43H,23H2,1-5H3. The van der Waals surface area contributed by atoms with Crippen LogP contribution in [0.1, 0.15) is 62.0 Å². The summed E-state index contributed by atoms with van der Waals surface area (Å²) in [5.41, 5.74) is 2.78. The van der Waals surface area contributed by atoms with Gasteiger partial charge >= 0.3 is 5.97 Å². The summed E-state index contributed by atoms with van der Waals surface area (Å²) in [4.78, 5) is 26.2. The van der Waals surface area contributed by atoms with Gasteiger partial charge in [-0.05, 0) is 91.9 Å². The molecule has 0 radical (unpaired) electrons. The molecule has 0 fully saturated rings. The Bertz CT molecular complexity index is 2020. The van der Waals surface area contributed by atoms with Crippen molar-refractivity contribution in [2.24, 2.45) is 0 Å². The minimum Gasteiger partial charge on any atom is -0.471 e. The summed E-state index contributed by atoms with van der Waals surface area (Å²) in [6.45, 7) is 9.47. The fraction of sp³-hybridized carbons (Fsp3) is 0.211. The van der Waals surface area contributed by atoms with E-state index in [0.29, 0.717) is 17.2 Å². The quantitative estimate of drug-likeness (QED) is 0.118. The van der Waals surface area contributed by atoms with Crippen molar-refractivity contribution in [3.63, 3.8) is 0 Å². The molecule has 5 aromatic rings. The molecule has 2 heterocycles. The summed E-state index contributed by atoms with van der Waals surface area (Å²) in [5, 5.41) is 0.878. The lowest BCUT2D eigenvalue weighted by Crippen LogP contribution is -2.31. The summed E-state index contributed by atoms with van der Waals surface area (Å²) >= 11 is 1.57. The monoisotopic (exact) mass is 683 g/mol. The first-order valence-corrected chi connectivity index (χ1v) is 17.8. The Labute approximate surface area is 285 Å². The van der Waals surface area contributed by atoms with Crippen molar-refractivity contribution < 1.29 is 32.9 Å².